The normalized spacial score (nSPS) is 13.5. The maximum atomic E-state index is 15.4. The van der Waals surface area contributed by atoms with Gasteiger partial charge in [0.15, 0.2) is 0 Å². The molecule has 3 aromatic carbocycles. The van der Waals surface area contributed by atoms with Gasteiger partial charge in [0.25, 0.3) is 6.71 Å². The Morgan fingerprint density at radius 1 is 0.821 bits per heavy atom. The van der Waals surface area contributed by atoms with Crippen molar-refractivity contribution in [2.45, 2.75) is 44.8 Å². The van der Waals surface area contributed by atoms with Crippen LogP contribution in [0.1, 0.15) is 24.0 Å². The van der Waals surface area contributed by atoms with Crippen LogP contribution in [0, 0.1) is 22.9 Å². The van der Waals surface area contributed by atoms with Gasteiger partial charge in [0, 0.05) is 24.2 Å². The predicted molar refractivity (Wildman–Crippen MR) is 146 cm³/mol. The molecule has 196 valence electrons. The summed E-state index contributed by atoms with van der Waals surface area (Å²) in [5.74, 6) is 1.18. The lowest BCUT2D eigenvalue weighted by atomic mass is 9.42. The fraction of sp³-hybridized carbons (Fsp3) is 0.226. The van der Waals surface area contributed by atoms with Crippen LogP contribution in [0.15, 0.2) is 84.9 Å². The van der Waals surface area contributed by atoms with Crippen LogP contribution >= 0.6 is 0 Å². The average molecular weight is 524 g/mol. The molecule has 0 saturated carbocycles. The summed E-state index contributed by atoms with van der Waals surface area (Å²) in [4.78, 5) is 4.46. The number of hydrogen-bond acceptors (Lipinski definition) is 5. The Morgan fingerprint density at radius 2 is 1.41 bits per heavy atom. The molecule has 0 amide bonds. The first kappa shape index (κ1) is 26.2. The lowest BCUT2D eigenvalue weighted by Gasteiger charge is -2.24. The molecule has 5 nitrogen and oxygen atoms in total. The number of rotatable bonds is 9. The summed E-state index contributed by atoms with van der Waals surface area (Å²) in [7, 11) is 0. The van der Waals surface area contributed by atoms with Gasteiger partial charge in [0.05, 0.1) is 17.2 Å². The van der Waals surface area contributed by atoms with E-state index in [4.69, 9.17) is 19.5 Å². The van der Waals surface area contributed by atoms with E-state index >= 15 is 8.78 Å². The third-order valence-corrected chi connectivity index (χ3v) is 6.73. The molecule has 0 atom stereocenters. The highest BCUT2D eigenvalue weighted by Gasteiger charge is 2.26. The fourth-order valence-corrected chi connectivity index (χ4v) is 4.64. The number of ether oxygens (including phenoxy) is 3. The van der Waals surface area contributed by atoms with Gasteiger partial charge >= 0.3 is 0 Å². The van der Waals surface area contributed by atoms with Crippen LogP contribution in [0.5, 0.6) is 17.5 Å². The molecule has 0 spiro atoms. The molecule has 1 fully saturated rings. The van der Waals surface area contributed by atoms with Gasteiger partial charge in [0.1, 0.15) is 30.6 Å². The number of nitrogens with zero attached hydrogens (tertiary/aromatic N) is 2. The first-order chi connectivity index (χ1) is 19.1. The molecule has 0 radical (unpaired) electrons. The van der Waals surface area contributed by atoms with E-state index < -0.39 is 11.6 Å². The lowest BCUT2D eigenvalue weighted by molar-refractivity contribution is 0.186. The van der Waals surface area contributed by atoms with Crippen molar-refractivity contribution >= 4 is 6.71 Å². The minimum Gasteiger partial charge on any atom is -0.490 e. The molecule has 4 aromatic rings. The third-order valence-electron chi connectivity index (χ3n) is 6.73. The van der Waals surface area contributed by atoms with Gasteiger partial charge in [-0.25, -0.2) is 14.0 Å². The second-order valence-electron chi connectivity index (χ2n) is 9.53. The molecule has 5 rings (SSSR count). The fourth-order valence-electron chi connectivity index (χ4n) is 4.64. The highest BCUT2D eigenvalue weighted by Crippen LogP contribution is 2.37. The van der Waals surface area contributed by atoms with E-state index in [9.17, 15) is 0 Å². The summed E-state index contributed by atoms with van der Waals surface area (Å²) in [6, 6.07) is 24.6. The van der Waals surface area contributed by atoms with E-state index in [1.165, 1.54) is 12.1 Å². The van der Waals surface area contributed by atoms with Crippen LogP contribution in [-0.4, -0.2) is 17.8 Å². The van der Waals surface area contributed by atoms with Gasteiger partial charge in [-0.1, -0.05) is 73.3 Å². The molecule has 1 aliphatic heterocycles. The summed E-state index contributed by atoms with van der Waals surface area (Å²) < 4.78 is 48.5. The van der Waals surface area contributed by atoms with Crippen LogP contribution < -0.4 is 14.2 Å². The first-order valence-electron chi connectivity index (χ1n) is 13.0. The molecule has 1 aliphatic rings. The maximum absolute atomic E-state index is 15.4. The van der Waals surface area contributed by atoms with E-state index in [-0.39, 0.29) is 54.7 Å². The van der Waals surface area contributed by atoms with E-state index in [0.29, 0.717) is 12.8 Å². The van der Waals surface area contributed by atoms with Gasteiger partial charge in [0.2, 0.25) is 11.8 Å². The Kier molecular flexibility index (Phi) is 8.37. The van der Waals surface area contributed by atoms with Gasteiger partial charge in [-0.15, -0.1) is 0 Å². The molecule has 0 N–H and O–H groups in total. The van der Waals surface area contributed by atoms with Gasteiger partial charge in [-0.2, -0.15) is 4.98 Å². The van der Waals surface area contributed by atoms with E-state index in [2.05, 4.69) is 11.0 Å². The Hall–Kier alpha value is -4.38. The van der Waals surface area contributed by atoms with Crippen molar-refractivity contribution in [1.82, 2.24) is 4.98 Å². The summed E-state index contributed by atoms with van der Waals surface area (Å²) >= 11 is 0. The van der Waals surface area contributed by atoms with Crippen LogP contribution in [0.2, 0.25) is 12.6 Å². The van der Waals surface area contributed by atoms with Crippen molar-refractivity contribution in [3.8, 4) is 34.6 Å². The van der Waals surface area contributed by atoms with Crippen molar-refractivity contribution in [3.63, 3.8) is 0 Å². The smallest absolute Gasteiger partial charge is 0.268 e. The molecule has 39 heavy (non-hydrogen) atoms. The zero-order valence-corrected chi connectivity index (χ0v) is 21.4. The average Bonchev–Trinajstić information content (AvgIpc) is 2.97. The van der Waals surface area contributed by atoms with E-state index in [1.54, 1.807) is 12.1 Å². The first-order valence-corrected chi connectivity index (χ1v) is 13.0. The standard InChI is InChI=1S/C31H27BF2N2O3/c33-27-17-25(39-24-13-15-32(21-35)16-14-24)18-28(34)30(27)26-11-12-29(37-19-22-7-3-1-4-8-22)36-31(26)38-20-23-9-5-2-6-10-23/h1-12,17-18,24H,13-16,19-20H2. The Bertz CT molecular complexity index is 1420. The topological polar surface area (TPSA) is 64.4 Å². The van der Waals surface area contributed by atoms with Crippen LogP contribution in [0.4, 0.5) is 8.78 Å². The maximum Gasteiger partial charge on any atom is 0.268 e. The van der Waals surface area contributed by atoms with Gasteiger partial charge in [-0.3, -0.25) is 0 Å². The third kappa shape index (κ3) is 6.74. The Labute approximate surface area is 227 Å². The number of halogens is 2. The van der Waals surface area contributed by atoms with Crippen LogP contribution in [0.25, 0.3) is 11.1 Å². The molecule has 8 heteroatoms. The SMILES string of the molecule is N#CB1CCC(Oc2cc(F)c(-c3ccc(OCc4ccccc4)nc3OCc3ccccc3)c(F)c2)CC1. The second kappa shape index (κ2) is 12.4. The molecule has 1 saturated heterocycles. The van der Waals surface area contributed by atoms with Crippen molar-refractivity contribution in [2.24, 2.45) is 0 Å². The largest absolute Gasteiger partial charge is 0.490 e. The summed E-state index contributed by atoms with van der Waals surface area (Å²) in [6.07, 6.45) is 2.61. The summed E-state index contributed by atoms with van der Waals surface area (Å²) in [5.41, 5.74) is 1.77. The minimum atomic E-state index is -0.778. The quantitative estimate of drug-likeness (QED) is 0.215. The number of hydrogen-bond donors (Lipinski definition) is 0. The van der Waals surface area contributed by atoms with E-state index in [0.717, 1.165) is 23.8 Å². The number of aromatic nitrogens is 1. The molecular weight excluding hydrogens is 497 g/mol. The highest BCUT2D eigenvalue weighted by atomic mass is 19.1. The molecule has 2 heterocycles. The van der Waals surface area contributed by atoms with Crippen molar-refractivity contribution in [1.29, 1.82) is 5.26 Å². The van der Waals surface area contributed by atoms with Crippen LogP contribution in [0.3, 0.4) is 0 Å². The number of pyridine rings is 1. The van der Waals surface area contributed by atoms with Crippen molar-refractivity contribution in [3.05, 3.63) is 108 Å². The molecule has 0 aliphatic carbocycles. The Balaban J connectivity index is 1.39. The van der Waals surface area contributed by atoms with Crippen LogP contribution in [-0.2, 0) is 13.2 Å². The lowest BCUT2D eigenvalue weighted by Crippen LogP contribution is -2.27. The summed E-state index contributed by atoms with van der Waals surface area (Å²) in [6.45, 7) is 0.469. The predicted octanol–water partition coefficient (Wildman–Crippen LogP) is 7.28. The molecule has 1 aromatic heterocycles. The molecule has 0 unspecified atom stereocenters. The molecular formula is C31H27BF2N2O3. The second-order valence-corrected chi connectivity index (χ2v) is 9.53. The summed E-state index contributed by atoms with van der Waals surface area (Å²) in [5, 5.41) is 9.09. The van der Waals surface area contributed by atoms with E-state index in [1.807, 2.05) is 60.7 Å². The van der Waals surface area contributed by atoms with Crippen molar-refractivity contribution in [2.75, 3.05) is 0 Å². The highest BCUT2D eigenvalue weighted by molar-refractivity contribution is 6.67. The minimum absolute atomic E-state index is 0.0159. The monoisotopic (exact) mass is 524 g/mol. The zero-order valence-electron chi connectivity index (χ0n) is 21.4. The van der Waals surface area contributed by atoms with Gasteiger partial charge in [-0.05, 0) is 30.0 Å². The zero-order chi connectivity index (χ0) is 27.0. The van der Waals surface area contributed by atoms with Gasteiger partial charge < -0.3 is 14.2 Å². The Morgan fingerprint density at radius 3 is 2.00 bits per heavy atom. The number of benzene rings is 3. The van der Waals surface area contributed by atoms with Crippen molar-refractivity contribution < 1.29 is 23.0 Å². The number of nitriles is 1. The molecule has 0 bridgehead atoms.